The number of imidazole rings is 1. The molecule has 0 saturated heterocycles. The largest absolute Gasteiger partial charge is 0.335 e. The van der Waals surface area contributed by atoms with Crippen molar-refractivity contribution < 1.29 is 8.42 Å². The van der Waals surface area contributed by atoms with Crippen LogP contribution >= 0.6 is 0 Å². The second-order valence-corrected chi connectivity index (χ2v) is 6.30. The predicted molar refractivity (Wildman–Crippen MR) is 63.7 cm³/mol. The van der Waals surface area contributed by atoms with Gasteiger partial charge in [-0.2, -0.15) is 0 Å². The molecule has 1 aromatic rings. The Balaban J connectivity index is 1.89. The molecule has 1 saturated carbocycles. The standard InChI is InChI=1S/C10H18N4O2S/c11-9-3-1-2-8(4-9)5-14-17(15,16)10-6-12-7-13-10/h6-9,14H,1-5,11H2,(H,12,13). The summed E-state index contributed by atoms with van der Waals surface area (Å²) in [7, 11) is -3.44. The van der Waals surface area contributed by atoms with E-state index in [1.54, 1.807) is 0 Å². The van der Waals surface area contributed by atoms with Gasteiger partial charge < -0.3 is 10.7 Å². The molecule has 1 fully saturated rings. The second-order valence-electron chi connectivity index (χ2n) is 4.56. The highest BCUT2D eigenvalue weighted by molar-refractivity contribution is 7.89. The van der Waals surface area contributed by atoms with Crippen molar-refractivity contribution in [3.05, 3.63) is 12.5 Å². The van der Waals surface area contributed by atoms with Gasteiger partial charge in [0.2, 0.25) is 0 Å². The first-order chi connectivity index (χ1) is 8.08. The third-order valence-corrected chi connectivity index (χ3v) is 4.50. The third kappa shape index (κ3) is 3.27. The number of nitrogens with zero attached hydrogens (tertiary/aromatic N) is 1. The zero-order chi connectivity index (χ0) is 12.3. The van der Waals surface area contributed by atoms with Crippen LogP contribution in [0.15, 0.2) is 17.6 Å². The first-order valence-corrected chi connectivity index (χ1v) is 7.30. The molecular formula is C10H18N4O2S. The van der Waals surface area contributed by atoms with Gasteiger partial charge in [0.05, 0.1) is 12.5 Å². The highest BCUT2D eigenvalue weighted by atomic mass is 32.2. The van der Waals surface area contributed by atoms with Crippen molar-refractivity contribution in [2.45, 2.75) is 36.8 Å². The first kappa shape index (κ1) is 12.5. The van der Waals surface area contributed by atoms with Gasteiger partial charge >= 0.3 is 0 Å². The van der Waals surface area contributed by atoms with Crippen molar-refractivity contribution in [2.75, 3.05) is 6.54 Å². The minimum absolute atomic E-state index is 0.109. The van der Waals surface area contributed by atoms with Crippen molar-refractivity contribution in [1.82, 2.24) is 14.7 Å². The molecule has 96 valence electrons. The summed E-state index contributed by atoms with van der Waals surface area (Å²) in [6.07, 6.45) is 6.71. The summed E-state index contributed by atoms with van der Waals surface area (Å²) in [5.74, 6) is 0.344. The Morgan fingerprint density at radius 1 is 1.53 bits per heavy atom. The average molecular weight is 258 g/mol. The molecule has 0 amide bonds. The molecule has 0 spiro atoms. The molecule has 2 unspecified atom stereocenters. The normalized spacial score (nSPS) is 25.9. The Bertz CT molecular complexity index is 443. The second kappa shape index (κ2) is 5.16. The number of sulfonamides is 1. The lowest BCUT2D eigenvalue weighted by Crippen LogP contribution is -2.35. The van der Waals surface area contributed by atoms with Gasteiger partial charge in [-0.3, -0.25) is 0 Å². The monoisotopic (exact) mass is 258 g/mol. The Hall–Kier alpha value is -0.920. The van der Waals surface area contributed by atoms with Gasteiger partial charge in [-0.25, -0.2) is 18.1 Å². The summed E-state index contributed by atoms with van der Waals surface area (Å²) < 4.78 is 26.2. The lowest BCUT2D eigenvalue weighted by Gasteiger charge is -2.26. The van der Waals surface area contributed by atoms with E-state index >= 15 is 0 Å². The zero-order valence-electron chi connectivity index (χ0n) is 9.59. The summed E-state index contributed by atoms with van der Waals surface area (Å²) in [5, 5.41) is 0.109. The fourth-order valence-electron chi connectivity index (χ4n) is 2.21. The van der Waals surface area contributed by atoms with E-state index in [-0.39, 0.29) is 11.1 Å². The maximum atomic E-state index is 11.8. The number of H-pyrrole nitrogens is 1. The van der Waals surface area contributed by atoms with Crippen LogP contribution in [0.3, 0.4) is 0 Å². The number of rotatable bonds is 4. The topological polar surface area (TPSA) is 101 Å². The van der Waals surface area contributed by atoms with Crippen LogP contribution in [0.2, 0.25) is 0 Å². The number of aromatic amines is 1. The number of hydrogen-bond donors (Lipinski definition) is 3. The minimum Gasteiger partial charge on any atom is -0.335 e. The van der Waals surface area contributed by atoms with Gasteiger partial charge in [-0.1, -0.05) is 6.42 Å². The number of nitrogens with two attached hydrogens (primary N) is 1. The Kier molecular flexibility index (Phi) is 3.80. The molecule has 1 aromatic heterocycles. The molecule has 1 aliphatic rings. The summed E-state index contributed by atoms with van der Waals surface area (Å²) in [5.41, 5.74) is 5.87. The molecule has 2 rings (SSSR count). The molecule has 0 aromatic carbocycles. The van der Waals surface area contributed by atoms with E-state index in [4.69, 9.17) is 5.73 Å². The zero-order valence-corrected chi connectivity index (χ0v) is 10.4. The van der Waals surface area contributed by atoms with E-state index in [0.717, 1.165) is 25.7 Å². The fourth-order valence-corrected chi connectivity index (χ4v) is 3.23. The Morgan fingerprint density at radius 2 is 2.35 bits per heavy atom. The van der Waals surface area contributed by atoms with Gasteiger partial charge in [-0.15, -0.1) is 0 Å². The van der Waals surface area contributed by atoms with Crippen molar-refractivity contribution >= 4 is 10.0 Å². The lowest BCUT2D eigenvalue weighted by molar-refractivity contribution is 0.322. The third-order valence-electron chi connectivity index (χ3n) is 3.15. The van der Waals surface area contributed by atoms with E-state index in [2.05, 4.69) is 14.7 Å². The molecule has 1 aliphatic carbocycles. The van der Waals surface area contributed by atoms with Crippen LogP contribution in [0.25, 0.3) is 0 Å². The van der Waals surface area contributed by atoms with E-state index < -0.39 is 10.0 Å². The molecule has 0 aliphatic heterocycles. The predicted octanol–water partition coefficient (Wildman–Crippen LogP) is 0.205. The van der Waals surface area contributed by atoms with Crippen molar-refractivity contribution in [3.8, 4) is 0 Å². The number of hydrogen-bond acceptors (Lipinski definition) is 4. The Morgan fingerprint density at radius 3 is 3.00 bits per heavy atom. The SMILES string of the molecule is NC1CCCC(CNS(=O)(=O)c2cnc[nH]2)C1. The Labute approximate surface area is 101 Å². The van der Waals surface area contributed by atoms with Crippen LogP contribution in [0.1, 0.15) is 25.7 Å². The number of nitrogens with one attached hydrogen (secondary N) is 2. The summed E-state index contributed by atoms with van der Waals surface area (Å²) in [6.45, 7) is 0.453. The van der Waals surface area contributed by atoms with E-state index in [1.165, 1.54) is 12.5 Å². The molecule has 6 nitrogen and oxygen atoms in total. The summed E-state index contributed by atoms with van der Waals surface area (Å²) in [4.78, 5) is 6.29. The highest BCUT2D eigenvalue weighted by Crippen LogP contribution is 2.22. The molecule has 4 N–H and O–H groups in total. The number of aromatic nitrogens is 2. The molecule has 0 radical (unpaired) electrons. The minimum atomic E-state index is -3.44. The summed E-state index contributed by atoms with van der Waals surface area (Å²) in [6, 6.07) is 0.213. The molecule has 1 heterocycles. The van der Waals surface area contributed by atoms with E-state index in [9.17, 15) is 8.42 Å². The molecule has 0 bridgehead atoms. The molecular weight excluding hydrogens is 240 g/mol. The fraction of sp³-hybridized carbons (Fsp3) is 0.700. The van der Waals surface area contributed by atoms with Crippen LogP contribution in [0.4, 0.5) is 0 Å². The molecule has 17 heavy (non-hydrogen) atoms. The van der Waals surface area contributed by atoms with Gasteiger partial charge in [0.15, 0.2) is 5.03 Å². The lowest BCUT2D eigenvalue weighted by atomic mass is 9.86. The van der Waals surface area contributed by atoms with Gasteiger partial charge in [0.25, 0.3) is 10.0 Å². The maximum absolute atomic E-state index is 11.8. The van der Waals surface area contributed by atoms with Crippen LogP contribution < -0.4 is 10.5 Å². The molecule has 7 heteroatoms. The smallest absolute Gasteiger partial charge is 0.257 e. The van der Waals surface area contributed by atoms with Crippen molar-refractivity contribution in [1.29, 1.82) is 0 Å². The van der Waals surface area contributed by atoms with Gasteiger partial charge in [-0.05, 0) is 25.2 Å². The maximum Gasteiger partial charge on any atom is 0.257 e. The van der Waals surface area contributed by atoms with Crippen molar-refractivity contribution in [3.63, 3.8) is 0 Å². The van der Waals surface area contributed by atoms with E-state index in [1.807, 2.05) is 0 Å². The van der Waals surface area contributed by atoms with E-state index in [0.29, 0.717) is 12.5 Å². The van der Waals surface area contributed by atoms with Crippen LogP contribution in [-0.2, 0) is 10.0 Å². The highest BCUT2D eigenvalue weighted by Gasteiger charge is 2.22. The van der Waals surface area contributed by atoms with Crippen molar-refractivity contribution in [2.24, 2.45) is 11.7 Å². The van der Waals surface area contributed by atoms with Crippen LogP contribution in [0.5, 0.6) is 0 Å². The molecule has 2 atom stereocenters. The van der Waals surface area contributed by atoms with Gasteiger partial charge in [0.1, 0.15) is 0 Å². The first-order valence-electron chi connectivity index (χ1n) is 5.81. The average Bonchev–Trinajstić information content (AvgIpc) is 2.81. The van der Waals surface area contributed by atoms with Crippen LogP contribution in [0, 0.1) is 5.92 Å². The quantitative estimate of drug-likeness (QED) is 0.718. The summed E-state index contributed by atoms with van der Waals surface area (Å²) >= 11 is 0. The van der Waals surface area contributed by atoms with Gasteiger partial charge in [0, 0.05) is 12.6 Å². The van der Waals surface area contributed by atoms with Crippen LogP contribution in [-0.4, -0.2) is 31.0 Å².